The highest BCUT2D eigenvalue weighted by atomic mass is 16.2. The van der Waals surface area contributed by atoms with Gasteiger partial charge >= 0.3 is 0 Å². The molecule has 1 aromatic heterocycles. The molecule has 0 aliphatic rings. The largest absolute Gasteiger partial charge is 0.348 e. The molecular formula is C14H17N3O. The summed E-state index contributed by atoms with van der Waals surface area (Å²) in [6.07, 6.45) is 0.908. The van der Waals surface area contributed by atoms with Crippen molar-refractivity contribution in [3.05, 3.63) is 42.1 Å². The van der Waals surface area contributed by atoms with E-state index in [0.29, 0.717) is 5.69 Å². The van der Waals surface area contributed by atoms with Crippen molar-refractivity contribution in [1.82, 2.24) is 15.5 Å². The Morgan fingerprint density at radius 1 is 1.39 bits per heavy atom. The van der Waals surface area contributed by atoms with E-state index in [2.05, 4.69) is 15.5 Å². The molecule has 2 rings (SSSR count). The number of carbonyl (C=O) groups is 1. The van der Waals surface area contributed by atoms with E-state index in [4.69, 9.17) is 0 Å². The van der Waals surface area contributed by atoms with Gasteiger partial charge in [-0.05, 0) is 19.4 Å². The van der Waals surface area contributed by atoms with Gasteiger partial charge in [-0.3, -0.25) is 9.89 Å². The van der Waals surface area contributed by atoms with Crippen molar-refractivity contribution in [1.29, 1.82) is 0 Å². The van der Waals surface area contributed by atoms with Crippen molar-refractivity contribution in [2.75, 3.05) is 0 Å². The Morgan fingerprint density at radius 3 is 2.78 bits per heavy atom. The van der Waals surface area contributed by atoms with E-state index in [1.165, 1.54) is 0 Å². The Labute approximate surface area is 106 Å². The predicted octanol–water partition coefficient (Wildman–Crippen LogP) is 2.61. The molecule has 1 aromatic carbocycles. The number of benzene rings is 1. The van der Waals surface area contributed by atoms with Gasteiger partial charge in [0.1, 0.15) is 5.69 Å². The number of carbonyl (C=O) groups excluding carboxylic acids is 1. The minimum Gasteiger partial charge on any atom is -0.348 e. The van der Waals surface area contributed by atoms with Gasteiger partial charge in [-0.25, -0.2) is 0 Å². The van der Waals surface area contributed by atoms with E-state index in [9.17, 15) is 4.79 Å². The number of aromatic nitrogens is 2. The first-order chi connectivity index (χ1) is 8.70. The van der Waals surface area contributed by atoms with Gasteiger partial charge in [-0.2, -0.15) is 5.10 Å². The van der Waals surface area contributed by atoms with Gasteiger partial charge in [0.05, 0.1) is 5.69 Å². The van der Waals surface area contributed by atoms with Gasteiger partial charge in [0.2, 0.25) is 0 Å². The van der Waals surface area contributed by atoms with Crippen LogP contribution in [0.15, 0.2) is 36.4 Å². The number of H-pyrrole nitrogens is 1. The van der Waals surface area contributed by atoms with Crippen molar-refractivity contribution in [2.24, 2.45) is 0 Å². The molecule has 18 heavy (non-hydrogen) atoms. The monoisotopic (exact) mass is 243 g/mol. The fraction of sp³-hybridized carbons (Fsp3) is 0.286. The lowest BCUT2D eigenvalue weighted by molar-refractivity contribution is 0.0934. The zero-order valence-corrected chi connectivity index (χ0v) is 10.6. The van der Waals surface area contributed by atoms with Crippen LogP contribution in [-0.4, -0.2) is 22.1 Å². The van der Waals surface area contributed by atoms with Crippen LogP contribution in [0.3, 0.4) is 0 Å². The molecule has 1 unspecified atom stereocenters. The molecule has 2 aromatic rings. The third-order valence-electron chi connectivity index (χ3n) is 2.88. The topological polar surface area (TPSA) is 57.8 Å². The van der Waals surface area contributed by atoms with Crippen molar-refractivity contribution >= 4 is 5.91 Å². The molecule has 0 saturated heterocycles. The van der Waals surface area contributed by atoms with E-state index in [0.717, 1.165) is 17.7 Å². The highest BCUT2D eigenvalue weighted by Gasteiger charge is 2.12. The van der Waals surface area contributed by atoms with Crippen LogP contribution in [0.1, 0.15) is 30.8 Å². The van der Waals surface area contributed by atoms with Gasteiger partial charge in [0.25, 0.3) is 5.91 Å². The van der Waals surface area contributed by atoms with Crippen LogP contribution in [-0.2, 0) is 0 Å². The van der Waals surface area contributed by atoms with Crippen LogP contribution in [0.2, 0.25) is 0 Å². The smallest absolute Gasteiger partial charge is 0.269 e. The average molecular weight is 243 g/mol. The molecule has 1 heterocycles. The number of hydrogen-bond acceptors (Lipinski definition) is 2. The van der Waals surface area contributed by atoms with Gasteiger partial charge < -0.3 is 5.32 Å². The van der Waals surface area contributed by atoms with Crippen LogP contribution >= 0.6 is 0 Å². The summed E-state index contributed by atoms with van der Waals surface area (Å²) in [5.41, 5.74) is 2.27. The summed E-state index contributed by atoms with van der Waals surface area (Å²) in [5.74, 6) is -0.112. The SMILES string of the molecule is CCC(C)NC(=O)c1cc(-c2ccccc2)n[nH]1. The fourth-order valence-corrected chi connectivity index (χ4v) is 1.60. The van der Waals surface area contributed by atoms with Crippen LogP contribution in [0, 0.1) is 0 Å². The molecule has 1 amide bonds. The molecule has 2 N–H and O–H groups in total. The van der Waals surface area contributed by atoms with Crippen molar-refractivity contribution in [3.63, 3.8) is 0 Å². The molecule has 0 saturated carbocycles. The Hall–Kier alpha value is -2.10. The van der Waals surface area contributed by atoms with Crippen molar-refractivity contribution < 1.29 is 4.79 Å². The number of nitrogens with one attached hydrogen (secondary N) is 2. The fourth-order valence-electron chi connectivity index (χ4n) is 1.60. The zero-order chi connectivity index (χ0) is 13.0. The molecule has 0 spiro atoms. The summed E-state index contributed by atoms with van der Waals surface area (Å²) in [4.78, 5) is 11.9. The van der Waals surface area contributed by atoms with Crippen molar-refractivity contribution in [2.45, 2.75) is 26.3 Å². The van der Waals surface area contributed by atoms with E-state index in [1.54, 1.807) is 6.07 Å². The zero-order valence-electron chi connectivity index (χ0n) is 10.6. The lowest BCUT2D eigenvalue weighted by atomic mass is 10.1. The summed E-state index contributed by atoms with van der Waals surface area (Å²) in [5, 5.41) is 9.83. The first kappa shape index (κ1) is 12.4. The van der Waals surface area contributed by atoms with Gasteiger partial charge in [0.15, 0.2) is 0 Å². The van der Waals surface area contributed by atoms with Crippen molar-refractivity contribution in [3.8, 4) is 11.3 Å². The second kappa shape index (κ2) is 5.49. The van der Waals surface area contributed by atoms with E-state index >= 15 is 0 Å². The summed E-state index contributed by atoms with van der Waals surface area (Å²) in [6, 6.07) is 11.7. The summed E-state index contributed by atoms with van der Waals surface area (Å²) in [7, 11) is 0. The quantitative estimate of drug-likeness (QED) is 0.867. The van der Waals surface area contributed by atoms with Crippen LogP contribution in [0.5, 0.6) is 0 Å². The second-order valence-electron chi connectivity index (χ2n) is 4.32. The van der Waals surface area contributed by atoms with Gasteiger partial charge in [-0.1, -0.05) is 37.3 Å². The number of nitrogens with zero attached hydrogens (tertiary/aromatic N) is 1. The van der Waals surface area contributed by atoms with Crippen LogP contribution in [0.4, 0.5) is 0 Å². The highest BCUT2D eigenvalue weighted by Crippen LogP contribution is 2.16. The molecule has 94 valence electrons. The maximum atomic E-state index is 11.9. The second-order valence-corrected chi connectivity index (χ2v) is 4.32. The molecule has 1 atom stereocenters. The number of aromatic amines is 1. The summed E-state index contributed by atoms with van der Waals surface area (Å²) >= 11 is 0. The first-order valence-electron chi connectivity index (χ1n) is 6.12. The van der Waals surface area contributed by atoms with Crippen LogP contribution in [0.25, 0.3) is 11.3 Å². The Balaban J connectivity index is 2.13. The molecule has 4 heteroatoms. The first-order valence-corrected chi connectivity index (χ1v) is 6.12. The molecule has 0 aliphatic carbocycles. The Kier molecular flexibility index (Phi) is 3.77. The molecule has 0 fully saturated rings. The highest BCUT2D eigenvalue weighted by molar-refractivity contribution is 5.93. The third kappa shape index (κ3) is 2.77. The lowest BCUT2D eigenvalue weighted by Crippen LogP contribution is -2.32. The van der Waals surface area contributed by atoms with Crippen LogP contribution < -0.4 is 5.32 Å². The molecule has 0 bridgehead atoms. The maximum absolute atomic E-state index is 11.9. The predicted molar refractivity (Wildman–Crippen MR) is 71.2 cm³/mol. The average Bonchev–Trinajstić information content (AvgIpc) is 2.89. The van der Waals surface area contributed by atoms with Gasteiger partial charge in [-0.15, -0.1) is 0 Å². The molecule has 4 nitrogen and oxygen atoms in total. The lowest BCUT2D eigenvalue weighted by Gasteiger charge is -2.09. The van der Waals surface area contributed by atoms with E-state index in [1.807, 2.05) is 44.2 Å². The molecular weight excluding hydrogens is 226 g/mol. The molecule has 0 aliphatic heterocycles. The number of amides is 1. The Bertz CT molecular complexity index is 519. The van der Waals surface area contributed by atoms with E-state index < -0.39 is 0 Å². The number of rotatable bonds is 4. The molecule has 0 radical (unpaired) electrons. The number of hydrogen-bond donors (Lipinski definition) is 2. The standard InChI is InChI=1S/C14H17N3O/c1-3-10(2)15-14(18)13-9-12(16-17-13)11-7-5-4-6-8-11/h4-10H,3H2,1-2H3,(H,15,18)(H,16,17). The maximum Gasteiger partial charge on any atom is 0.269 e. The van der Waals surface area contributed by atoms with E-state index in [-0.39, 0.29) is 11.9 Å². The minimum atomic E-state index is -0.112. The third-order valence-corrected chi connectivity index (χ3v) is 2.88. The normalized spacial score (nSPS) is 12.1. The Morgan fingerprint density at radius 2 is 2.11 bits per heavy atom. The summed E-state index contributed by atoms with van der Waals surface area (Å²) in [6.45, 7) is 4.01. The minimum absolute atomic E-state index is 0.112. The van der Waals surface area contributed by atoms with Gasteiger partial charge in [0, 0.05) is 11.6 Å². The summed E-state index contributed by atoms with van der Waals surface area (Å²) < 4.78 is 0.